The molecule has 6 heteroatoms. The minimum absolute atomic E-state index is 0.126. The number of rotatable bonds is 4. The third-order valence-corrected chi connectivity index (χ3v) is 4.37. The normalized spacial score (nSPS) is 17.2. The average molecular weight is 326 g/mol. The maximum Gasteiger partial charge on any atom is 0.260 e. The molecule has 2 heterocycles. The quantitative estimate of drug-likeness (QED) is 0.901. The second-order valence-electron chi connectivity index (χ2n) is 6.10. The van der Waals surface area contributed by atoms with Crippen LogP contribution in [0.5, 0.6) is 11.5 Å². The molecule has 1 fully saturated rings. The summed E-state index contributed by atoms with van der Waals surface area (Å²) in [5.74, 6) is 1.46. The maximum atomic E-state index is 12.5. The first-order chi connectivity index (χ1) is 11.7. The molecule has 1 aliphatic heterocycles. The van der Waals surface area contributed by atoms with Crippen molar-refractivity contribution in [1.82, 2.24) is 10.3 Å². The van der Waals surface area contributed by atoms with Crippen molar-refractivity contribution in [3.63, 3.8) is 0 Å². The Morgan fingerprint density at radius 2 is 1.96 bits per heavy atom. The Balaban J connectivity index is 1.60. The van der Waals surface area contributed by atoms with E-state index in [0.717, 1.165) is 24.2 Å². The number of aromatic nitrogens is 1. The highest BCUT2D eigenvalue weighted by Crippen LogP contribution is 2.43. The van der Waals surface area contributed by atoms with Crippen LogP contribution in [0.15, 0.2) is 41.3 Å². The van der Waals surface area contributed by atoms with Gasteiger partial charge in [0.05, 0.1) is 6.04 Å². The summed E-state index contributed by atoms with van der Waals surface area (Å²) in [5.41, 5.74) is 0.717. The molecule has 1 aliphatic carbocycles. The highest BCUT2D eigenvalue weighted by Gasteiger charge is 2.34. The molecule has 1 aromatic carbocycles. The molecule has 1 aromatic heterocycles. The van der Waals surface area contributed by atoms with Gasteiger partial charge in [0, 0.05) is 6.20 Å². The Kier molecular flexibility index (Phi) is 3.72. The SMILES string of the molecule is O=C(N[C@H](c1ccc2c(c1)OCCO2)C1CC1)c1ccc[nH]c1=O. The zero-order valence-corrected chi connectivity index (χ0v) is 13.1. The van der Waals surface area contributed by atoms with E-state index >= 15 is 0 Å². The van der Waals surface area contributed by atoms with Crippen molar-refractivity contribution in [2.75, 3.05) is 13.2 Å². The van der Waals surface area contributed by atoms with Crippen LogP contribution >= 0.6 is 0 Å². The summed E-state index contributed by atoms with van der Waals surface area (Å²) in [6, 6.07) is 8.79. The summed E-state index contributed by atoms with van der Waals surface area (Å²) >= 11 is 0. The van der Waals surface area contributed by atoms with Crippen LogP contribution in [-0.4, -0.2) is 24.1 Å². The molecule has 6 nitrogen and oxygen atoms in total. The van der Waals surface area contributed by atoms with Crippen LogP contribution in [0.1, 0.15) is 34.8 Å². The van der Waals surface area contributed by atoms with Crippen LogP contribution in [0.4, 0.5) is 0 Å². The van der Waals surface area contributed by atoms with Crippen molar-refractivity contribution < 1.29 is 14.3 Å². The second-order valence-corrected chi connectivity index (χ2v) is 6.10. The Hall–Kier alpha value is -2.76. The van der Waals surface area contributed by atoms with Crippen molar-refractivity contribution in [3.05, 3.63) is 58.0 Å². The number of benzene rings is 1. The molecule has 0 bridgehead atoms. The van der Waals surface area contributed by atoms with Crippen LogP contribution in [0.25, 0.3) is 0 Å². The molecular formula is C18H18N2O4. The fraction of sp³-hybridized carbons (Fsp3) is 0.333. The molecule has 2 aromatic rings. The molecule has 2 aliphatic rings. The number of fused-ring (bicyclic) bond motifs is 1. The van der Waals surface area contributed by atoms with E-state index in [0.29, 0.717) is 24.9 Å². The highest BCUT2D eigenvalue weighted by molar-refractivity contribution is 5.94. The second kappa shape index (κ2) is 6.03. The first kappa shape index (κ1) is 14.8. The summed E-state index contributed by atoms with van der Waals surface area (Å²) < 4.78 is 11.2. The van der Waals surface area contributed by atoms with Crippen molar-refractivity contribution in [3.8, 4) is 11.5 Å². The molecule has 4 rings (SSSR count). The summed E-state index contributed by atoms with van der Waals surface area (Å²) in [6.45, 7) is 1.07. The molecule has 0 radical (unpaired) electrons. The van der Waals surface area contributed by atoms with Crippen LogP contribution < -0.4 is 20.3 Å². The lowest BCUT2D eigenvalue weighted by Gasteiger charge is -2.23. The monoisotopic (exact) mass is 326 g/mol. The van der Waals surface area contributed by atoms with Gasteiger partial charge in [-0.25, -0.2) is 0 Å². The lowest BCUT2D eigenvalue weighted by atomic mass is 10.0. The highest BCUT2D eigenvalue weighted by atomic mass is 16.6. The first-order valence-electron chi connectivity index (χ1n) is 8.10. The average Bonchev–Trinajstić information content (AvgIpc) is 3.44. The topological polar surface area (TPSA) is 80.4 Å². The van der Waals surface area contributed by atoms with E-state index in [1.807, 2.05) is 18.2 Å². The first-order valence-corrected chi connectivity index (χ1v) is 8.10. The molecule has 1 saturated carbocycles. The predicted octanol–water partition coefficient (Wildman–Crippen LogP) is 2.03. The Bertz CT molecular complexity index is 826. The van der Waals surface area contributed by atoms with Gasteiger partial charge in [-0.05, 0) is 48.6 Å². The van der Waals surface area contributed by atoms with Gasteiger partial charge in [-0.1, -0.05) is 6.07 Å². The van der Waals surface area contributed by atoms with Crippen LogP contribution in [0, 0.1) is 5.92 Å². The largest absolute Gasteiger partial charge is 0.486 e. The van der Waals surface area contributed by atoms with Gasteiger partial charge in [0.2, 0.25) is 0 Å². The van der Waals surface area contributed by atoms with Gasteiger partial charge in [-0.15, -0.1) is 0 Å². The number of aromatic amines is 1. The Morgan fingerprint density at radius 1 is 1.17 bits per heavy atom. The number of hydrogen-bond donors (Lipinski definition) is 2. The molecule has 124 valence electrons. The summed E-state index contributed by atoms with van der Waals surface area (Å²) in [4.78, 5) is 26.8. The van der Waals surface area contributed by atoms with E-state index in [1.54, 1.807) is 6.07 Å². The molecule has 1 amide bonds. The van der Waals surface area contributed by atoms with E-state index in [4.69, 9.17) is 9.47 Å². The van der Waals surface area contributed by atoms with Crippen molar-refractivity contribution in [2.24, 2.45) is 5.92 Å². The Labute approximate surface area is 138 Å². The summed E-state index contributed by atoms with van der Waals surface area (Å²) in [7, 11) is 0. The zero-order valence-electron chi connectivity index (χ0n) is 13.1. The predicted molar refractivity (Wildman–Crippen MR) is 87.4 cm³/mol. The van der Waals surface area contributed by atoms with E-state index in [2.05, 4.69) is 10.3 Å². The standard InChI is InChI=1S/C18H18N2O4/c21-17-13(2-1-7-19-17)18(22)20-16(11-3-4-11)12-5-6-14-15(10-12)24-9-8-23-14/h1-2,5-7,10-11,16H,3-4,8-9H2,(H,19,21)(H,20,22)/t16-/m0/s1. The maximum absolute atomic E-state index is 12.5. The minimum atomic E-state index is -0.383. The van der Waals surface area contributed by atoms with E-state index < -0.39 is 0 Å². The molecule has 24 heavy (non-hydrogen) atoms. The van der Waals surface area contributed by atoms with E-state index in [9.17, 15) is 9.59 Å². The van der Waals surface area contributed by atoms with Gasteiger partial charge in [-0.3, -0.25) is 9.59 Å². The van der Waals surface area contributed by atoms with Crippen LogP contribution in [-0.2, 0) is 0 Å². The number of H-pyrrole nitrogens is 1. The van der Waals surface area contributed by atoms with Gasteiger partial charge >= 0.3 is 0 Å². The summed E-state index contributed by atoms with van der Waals surface area (Å²) in [5, 5.41) is 3.00. The number of amides is 1. The molecule has 0 unspecified atom stereocenters. The fourth-order valence-electron chi connectivity index (χ4n) is 2.98. The van der Waals surface area contributed by atoms with Crippen LogP contribution in [0.2, 0.25) is 0 Å². The fourth-order valence-corrected chi connectivity index (χ4v) is 2.98. The van der Waals surface area contributed by atoms with Crippen LogP contribution in [0.3, 0.4) is 0 Å². The summed E-state index contributed by atoms with van der Waals surface area (Å²) in [6.07, 6.45) is 3.63. The van der Waals surface area contributed by atoms with Gasteiger partial charge in [-0.2, -0.15) is 0 Å². The lowest BCUT2D eigenvalue weighted by Crippen LogP contribution is -2.33. The van der Waals surface area contributed by atoms with Crippen molar-refractivity contribution in [2.45, 2.75) is 18.9 Å². The molecule has 2 N–H and O–H groups in total. The van der Waals surface area contributed by atoms with Gasteiger partial charge in [0.1, 0.15) is 18.8 Å². The lowest BCUT2D eigenvalue weighted by molar-refractivity contribution is 0.0930. The number of hydrogen-bond acceptors (Lipinski definition) is 4. The van der Waals surface area contributed by atoms with Gasteiger partial charge < -0.3 is 19.8 Å². The molecule has 0 spiro atoms. The van der Waals surface area contributed by atoms with Crippen molar-refractivity contribution in [1.29, 1.82) is 0 Å². The number of carbonyl (C=O) groups excluding carboxylic acids is 1. The third kappa shape index (κ3) is 2.87. The molecule has 1 atom stereocenters. The van der Waals surface area contributed by atoms with Gasteiger partial charge in [0.25, 0.3) is 11.5 Å². The number of ether oxygens (including phenoxy) is 2. The molecule has 0 saturated heterocycles. The van der Waals surface area contributed by atoms with E-state index in [-0.39, 0.29) is 23.1 Å². The van der Waals surface area contributed by atoms with Gasteiger partial charge in [0.15, 0.2) is 11.5 Å². The zero-order chi connectivity index (χ0) is 16.5. The van der Waals surface area contributed by atoms with E-state index in [1.165, 1.54) is 12.3 Å². The number of nitrogens with one attached hydrogen (secondary N) is 2. The smallest absolute Gasteiger partial charge is 0.260 e. The number of pyridine rings is 1. The van der Waals surface area contributed by atoms with Crippen molar-refractivity contribution >= 4 is 5.91 Å². The Morgan fingerprint density at radius 3 is 2.71 bits per heavy atom. The number of carbonyl (C=O) groups is 1. The minimum Gasteiger partial charge on any atom is -0.486 e. The third-order valence-electron chi connectivity index (χ3n) is 4.37. The molecular weight excluding hydrogens is 308 g/mol.